The van der Waals surface area contributed by atoms with E-state index in [9.17, 15) is 4.79 Å². The Hall–Kier alpha value is -4.64. The summed E-state index contributed by atoms with van der Waals surface area (Å²) >= 11 is 1.22. The summed E-state index contributed by atoms with van der Waals surface area (Å²) in [5.41, 5.74) is 3.39. The first kappa shape index (κ1) is 29.3. The molecule has 1 aromatic heterocycles. The fourth-order valence-electron chi connectivity index (χ4n) is 4.01. The molecule has 3 aromatic carbocycles. The van der Waals surface area contributed by atoms with E-state index in [1.807, 2.05) is 36.4 Å². The molecular formula is C30H31N3O7S. The van der Waals surface area contributed by atoms with Crippen LogP contribution >= 0.6 is 11.8 Å². The number of methoxy groups -OCH3 is 6. The van der Waals surface area contributed by atoms with Crippen LogP contribution in [0.3, 0.4) is 0 Å². The predicted molar refractivity (Wildman–Crippen MR) is 158 cm³/mol. The van der Waals surface area contributed by atoms with Crippen LogP contribution in [0.25, 0.3) is 22.5 Å². The van der Waals surface area contributed by atoms with Gasteiger partial charge in [0.25, 0.3) is 0 Å². The number of thioether (sulfide) groups is 1. The van der Waals surface area contributed by atoms with Crippen molar-refractivity contribution in [3.63, 3.8) is 0 Å². The minimum absolute atomic E-state index is 0.0934. The molecule has 11 heteroatoms. The van der Waals surface area contributed by atoms with Crippen LogP contribution in [0.1, 0.15) is 0 Å². The molecule has 214 valence electrons. The molecule has 1 heterocycles. The third kappa shape index (κ3) is 6.93. The monoisotopic (exact) mass is 577 g/mol. The number of ether oxygens (including phenoxy) is 6. The number of hydrogen-bond acceptors (Lipinski definition) is 10. The van der Waals surface area contributed by atoms with E-state index in [-0.39, 0.29) is 11.7 Å². The zero-order valence-electron chi connectivity index (χ0n) is 23.6. The van der Waals surface area contributed by atoms with Crippen molar-refractivity contribution < 1.29 is 33.2 Å². The van der Waals surface area contributed by atoms with Gasteiger partial charge in [-0.1, -0.05) is 11.8 Å². The molecule has 0 bridgehead atoms. The Morgan fingerprint density at radius 1 is 0.659 bits per heavy atom. The number of anilines is 1. The first-order valence-electron chi connectivity index (χ1n) is 12.4. The molecule has 0 unspecified atom stereocenters. The lowest BCUT2D eigenvalue weighted by Gasteiger charge is -2.15. The Kier molecular flexibility index (Phi) is 9.75. The van der Waals surface area contributed by atoms with E-state index in [0.29, 0.717) is 62.3 Å². The first-order chi connectivity index (χ1) is 19.9. The number of amides is 1. The van der Waals surface area contributed by atoms with Gasteiger partial charge in [-0.05, 0) is 60.7 Å². The Morgan fingerprint density at radius 3 is 1.80 bits per heavy atom. The minimum Gasteiger partial charge on any atom is -0.497 e. The molecule has 0 saturated carbocycles. The average Bonchev–Trinajstić information content (AvgIpc) is 3.02. The third-order valence-corrected chi connectivity index (χ3v) is 6.90. The van der Waals surface area contributed by atoms with E-state index in [0.717, 1.165) is 5.56 Å². The molecule has 0 aliphatic heterocycles. The van der Waals surface area contributed by atoms with Crippen molar-refractivity contribution >= 4 is 23.4 Å². The van der Waals surface area contributed by atoms with Crippen molar-refractivity contribution in [2.75, 3.05) is 53.7 Å². The normalized spacial score (nSPS) is 10.5. The summed E-state index contributed by atoms with van der Waals surface area (Å²) in [4.78, 5) is 22.3. The largest absolute Gasteiger partial charge is 0.497 e. The van der Waals surface area contributed by atoms with Gasteiger partial charge < -0.3 is 33.7 Å². The van der Waals surface area contributed by atoms with E-state index in [1.165, 1.54) is 11.8 Å². The van der Waals surface area contributed by atoms with Gasteiger partial charge in [0.2, 0.25) is 11.7 Å². The van der Waals surface area contributed by atoms with Gasteiger partial charge in [-0.3, -0.25) is 4.79 Å². The number of nitrogens with zero attached hydrogens (tertiary/aromatic N) is 2. The van der Waals surface area contributed by atoms with Gasteiger partial charge in [-0.25, -0.2) is 9.97 Å². The summed E-state index contributed by atoms with van der Waals surface area (Å²) in [7, 11) is 9.40. The number of rotatable bonds is 12. The van der Waals surface area contributed by atoms with Gasteiger partial charge in [0.05, 0.1) is 59.8 Å². The summed E-state index contributed by atoms with van der Waals surface area (Å²) in [6.45, 7) is 0. The summed E-state index contributed by atoms with van der Waals surface area (Å²) in [5.74, 6) is 3.20. The van der Waals surface area contributed by atoms with Gasteiger partial charge in [0.15, 0.2) is 28.2 Å². The van der Waals surface area contributed by atoms with Crippen LogP contribution in [0.4, 0.5) is 5.69 Å². The molecule has 41 heavy (non-hydrogen) atoms. The van der Waals surface area contributed by atoms with Crippen molar-refractivity contribution in [2.24, 2.45) is 0 Å². The van der Waals surface area contributed by atoms with E-state index >= 15 is 0 Å². The molecule has 4 aromatic rings. The molecule has 1 amide bonds. The maximum Gasteiger partial charge on any atom is 0.234 e. The van der Waals surface area contributed by atoms with Crippen LogP contribution in [-0.4, -0.2) is 64.3 Å². The molecule has 4 rings (SSSR count). The van der Waals surface area contributed by atoms with E-state index in [4.69, 9.17) is 38.4 Å². The van der Waals surface area contributed by atoms with Crippen molar-refractivity contribution in [3.05, 3.63) is 60.7 Å². The van der Waals surface area contributed by atoms with Crippen molar-refractivity contribution in [2.45, 2.75) is 5.16 Å². The minimum atomic E-state index is -0.199. The highest BCUT2D eigenvalue weighted by Crippen LogP contribution is 2.42. The second-order valence-corrected chi connectivity index (χ2v) is 9.41. The van der Waals surface area contributed by atoms with Gasteiger partial charge in [0, 0.05) is 16.8 Å². The molecular weight excluding hydrogens is 546 g/mol. The lowest BCUT2D eigenvalue weighted by atomic mass is 10.1. The Morgan fingerprint density at radius 2 is 1.24 bits per heavy atom. The Balaban J connectivity index is 1.71. The Labute approximate surface area is 242 Å². The second kappa shape index (κ2) is 13.6. The fraction of sp³-hybridized carbons (Fsp3) is 0.233. The molecule has 0 saturated heterocycles. The number of carbonyl (C=O) groups excluding carboxylic acids is 1. The fourth-order valence-corrected chi connectivity index (χ4v) is 4.67. The zero-order valence-corrected chi connectivity index (χ0v) is 24.5. The molecule has 0 aliphatic carbocycles. The summed E-state index contributed by atoms with van der Waals surface area (Å²) in [5, 5.41) is 3.29. The zero-order chi connectivity index (χ0) is 29.4. The molecule has 0 spiro atoms. The Bertz CT molecular complexity index is 1490. The van der Waals surface area contributed by atoms with Crippen molar-refractivity contribution in [1.82, 2.24) is 9.97 Å². The van der Waals surface area contributed by atoms with Crippen molar-refractivity contribution in [3.8, 4) is 57.0 Å². The molecule has 0 aliphatic rings. The summed E-state index contributed by atoms with van der Waals surface area (Å²) < 4.78 is 32.6. The smallest absolute Gasteiger partial charge is 0.234 e. The van der Waals surface area contributed by atoms with E-state index in [1.54, 1.807) is 66.9 Å². The topological polar surface area (TPSA) is 110 Å². The average molecular weight is 578 g/mol. The maximum atomic E-state index is 12.7. The van der Waals surface area contributed by atoms with E-state index < -0.39 is 0 Å². The molecule has 1 N–H and O–H groups in total. The third-order valence-electron chi connectivity index (χ3n) is 6.05. The second-order valence-electron chi connectivity index (χ2n) is 8.47. The standard InChI is InChI=1S/C30H31N3O7S/c1-35-21-10-8-20(9-11-21)31-28(34)17-41-30-32-22(18-7-12-24(36-2)25(13-18)37-3)16-23(33-30)19-14-26(38-4)29(40-6)27(15-19)39-5/h7-16H,17H2,1-6H3,(H,31,34). The van der Waals surface area contributed by atoms with E-state index in [2.05, 4.69) is 5.32 Å². The number of carbonyl (C=O) groups is 1. The van der Waals surface area contributed by atoms with Gasteiger partial charge >= 0.3 is 0 Å². The number of aromatic nitrogens is 2. The quantitative estimate of drug-likeness (QED) is 0.169. The maximum absolute atomic E-state index is 12.7. The van der Waals surface area contributed by atoms with Gasteiger partial charge in [-0.2, -0.15) is 0 Å². The summed E-state index contributed by atoms with van der Waals surface area (Å²) in [6.07, 6.45) is 0. The lowest BCUT2D eigenvalue weighted by Crippen LogP contribution is -2.14. The highest BCUT2D eigenvalue weighted by atomic mass is 32.2. The van der Waals surface area contributed by atoms with Crippen LogP contribution in [0, 0.1) is 0 Å². The molecule has 0 radical (unpaired) electrons. The molecule has 0 atom stereocenters. The predicted octanol–water partition coefficient (Wildman–Crippen LogP) is 5.59. The number of nitrogens with one attached hydrogen (secondary N) is 1. The van der Waals surface area contributed by atoms with Crippen LogP contribution in [0.2, 0.25) is 0 Å². The number of hydrogen-bond donors (Lipinski definition) is 1. The van der Waals surface area contributed by atoms with Gasteiger partial charge in [0.1, 0.15) is 5.75 Å². The van der Waals surface area contributed by atoms with Crippen LogP contribution in [0.5, 0.6) is 34.5 Å². The first-order valence-corrected chi connectivity index (χ1v) is 13.4. The summed E-state index contributed by atoms with van der Waals surface area (Å²) in [6, 6.07) is 18.1. The molecule has 0 fully saturated rings. The SMILES string of the molecule is COc1ccc(NC(=O)CSc2nc(-c3ccc(OC)c(OC)c3)cc(-c3cc(OC)c(OC)c(OC)c3)n2)cc1. The highest BCUT2D eigenvalue weighted by Gasteiger charge is 2.18. The van der Waals surface area contributed by atoms with Crippen LogP contribution in [0.15, 0.2) is 65.8 Å². The van der Waals surface area contributed by atoms with Crippen molar-refractivity contribution in [1.29, 1.82) is 0 Å². The number of benzene rings is 3. The highest BCUT2D eigenvalue weighted by molar-refractivity contribution is 7.99. The van der Waals surface area contributed by atoms with Crippen LogP contribution in [-0.2, 0) is 4.79 Å². The lowest BCUT2D eigenvalue weighted by molar-refractivity contribution is -0.113. The molecule has 10 nitrogen and oxygen atoms in total. The van der Waals surface area contributed by atoms with Gasteiger partial charge in [-0.15, -0.1) is 0 Å². The van der Waals surface area contributed by atoms with Crippen LogP contribution < -0.4 is 33.7 Å².